The Balaban J connectivity index is 2.47. The van der Waals surface area contributed by atoms with Gasteiger partial charge in [0.05, 0.1) is 6.61 Å². The van der Waals surface area contributed by atoms with Crippen LogP contribution in [0, 0.1) is 11.8 Å². The Morgan fingerprint density at radius 3 is 2.89 bits per heavy atom. The van der Waals surface area contributed by atoms with Crippen LogP contribution in [-0.4, -0.2) is 29.1 Å². The summed E-state index contributed by atoms with van der Waals surface area (Å²) in [5.41, 5.74) is 1.15. The number of nitrogens with one attached hydrogen (secondary N) is 1. The quantitative estimate of drug-likeness (QED) is 0.605. The van der Waals surface area contributed by atoms with Gasteiger partial charge < -0.3 is 10.4 Å². The van der Waals surface area contributed by atoms with Crippen LogP contribution in [0.1, 0.15) is 48.7 Å². The molecule has 1 rings (SSSR count). The molecule has 0 aromatic carbocycles. The average molecular weight is 260 g/mol. The molecule has 1 aromatic rings. The van der Waals surface area contributed by atoms with Gasteiger partial charge in [0.1, 0.15) is 5.69 Å². The number of carbonyl (C=O) groups is 1. The highest BCUT2D eigenvalue weighted by Gasteiger charge is 2.05. The number of aliphatic hydroxyl groups is 1. The highest BCUT2D eigenvalue weighted by atomic mass is 16.2. The summed E-state index contributed by atoms with van der Waals surface area (Å²) in [4.78, 5) is 15.8. The second kappa shape index (κ2) is 9.12. The lowest BCUT2D eigenvalue weighted by atomic mass is 10.2. The van der Waals surface area contributed by atoms with E-state index in [1.54, 1.807) is 18.3 Å². The molecule has 0 unspecified atom stereocenters. The van der Waals surface area contributed by atoms with Gasteiger partial charge in [-0.15, -0.1) is 0 Å². The van der Waals surface area contributed by atoms with E-state index in [1.165, 1.54) is 0 Å². The zero-order chi connectivity index (χ0) is 13.9. The topological polar surface area (TPSA) is 62.2 Å². The van der Waals surface area contributed by atoms with Crippen molar-refractivity contribution >= 4 is 5.91 Å². The number of rotatable bonds is 6. The standard InChI is InChI=1S/C15H20N2O2/c1-2-3-5-10-16-15(19)14-9-8-13(12-17-14)7-4-6-11-18/h8-9,12,18H,2-3,5-6,10-11H2,1H3,(H,16,19). The first-order valence-corrected chi connectivity index (χ1v) is 6.62. The number of unbranched alkanes of at least 4 members (excludes halogenated alkanes) is 2. The van der Waals surface area contributed by atoms with Crippen molar-refractivity contribution in [2.24, 2.45) is 0 Å². The van der Waals surface area contributed by atoms with Gasteiger partial charge in [-0.1, -0.05) is 31.6 Å². The van der Waals surface area contributed by atoms with E-state index in [4.69, 9.17) is 5.11 Å². The van der Waals surface area contributed by atoms with E-state index in [0.717, 1.165) is 24.8 Å². The van der Waals surface area contributed by atoms with Crippen LogP contribution >= 0.6 is 0 Å². The Morgan fingerprint density at radius 1 is 1.42 bits per heavy atom. The number of hydrogen-bond acceptors (Lipinski definition) is 3. The summed E-state index contributed by atoms with van der Waals surface area (Å²) in [5, 5.41) is 11.4. The van der Waals surface area contributed by atoms with Gasteiger partial charge in [-0.3, -0.25) is 4.79 Å². The van der Waals surface area contributed by atoms with Crippen molar-refractivity contribution in [3.05, 3.63) is 29.6 Å². The van der Waals surface area contributed by atoms with Crippen molar-refractivity contribution in [2.45, 2.75) is 32.6 Å². The van der Waals surface area contributed by atoms with E-state index in [-0.39, 0.29) is 12.5 Å². The van der Waals surface area contributed by atoms with E-state index in [2.05, 4.69) is 29.1 Å². The summed E-state index contributed by atoms with van der Waals surface area (Å²) in [6.45, 7) is 2.87. The second-order valence-corrected chi connectivity index (χ2v) is 4.17. The Labute approximate surface area is 114 Å². The van der Waals surface area contributed by atoms with Crippen LogP contribution in [0.3, 0.4) is 0 Å². The first kappa shape index (κ1) is 15.2. The summed E-state index contributed by atoms with van der Waals surface area (Å²) in [6.07, 6.45) is 5.26. The van der Waals surface area contributed by atoms with Gasteiger partial charge in [-0.05, 0) is 18.6 Å². The molecule has 0 aliphatic rings. The highest BCUT2D eigenvalue weighted by Crippen LogP contribution is 1.99. The van der Waals surface area contributed by atoms with E-state index >= 15 is 0 Å². The Hall–Kier alpha value is -1.86. The van der Waals surface area contributed by atoms with E-state index < -0.39 is 0 Å². The molecule has 0 aliphatic carbocycles. The van der Waals surface area contributed by atoms with E-state index in [1.807, 2.05) is 0 Å². The minimum absolute atomic E-state index is 0.0542. The normalized spacial score (nSPS) is 9.58. The minimum atomic E-state index is -0.147. The zero-order valence-electron chi connectivity index (χ0n) is 11.3. The van der Waals surface area contributed by atoms with Crippen molar-refractivity contribution in [1.29, 1.82) is 0 Å². The van der Waals surface area contributed by atoms with Gasteiger partial charge in [0.15, 0.2) is 0 Å². The third kappa shape index (κ3) is 6.03. The lowest BCUT2D eigenvalue weighted by Crippen LogP contribution is -2.25. The highest BCUT2D eigenvalue weighted by molar-refractivity contribution is 5.92. The van der Waals surface area contributed by atoms with Crippen molar-refractivity contribution in [1.82, 2.24) is 10.3 Å². The lowest BCUT2D eigenvalue weighted by Gasteiger charge is -2.03. The molecule has 1 amide bonds. The molecular weight excluding hydrogens is 240 g/mol. The molecule has 0 saturated carbocycles. The molecule has 0 spiro atoms. The summed E-state index contributed by atoms with van der Waals surface area (Å²) in [5.74, 6) is 5.53. The van der Waals surface area contributed by atoms with Crippen LogP contribution in [0.4, 0.5) is 0 Å². The van der Waals surface area contributed by atoms with Crippen LogP contribution in [0.25, 0.3) is 0 Å². The summed E-state index contributed by atoms with van der Waals surface area (Å²) >= 11 is 0. The molecule has 2 N–H and O–H groups in total. The van der Waals surface area contributed by atoms with Crippen LogP contribution in [-0.2, 0) is 0 Å². The fourth-order valence-corrected chi connectivity index (χ4v) is 1.49. The molecule has 4 heteroatoms. The molecule has 0 radical (unpaired) electrons. The molecule has 0 bridgehead atoms. The summed E-state index contributed by atoms with van der Waals surface area (Å²) < 4.78 is 0. The second-order valence-electron chi connectivity index (χ2n) is 4.17. The van der Waals surface area contributed by atoms with E-state index in [9.17, 15) is 4.79 Å². The smallest absolute Gasteiger partial charge is 0.269 e. The molecular formula is C15H20N2O2. The van der Waals surface area contributed by atoms with E-state index in [0.29, 0.717) is 18.7 Å². The predicted molar refractivity (Wildman–Crippen MR) is 74.7 cm³/mol. The molecule has 1 aromatic heterocycles. The number of pyridine rings is 1. The van der Waals surface area contributed by atoms with Crippen LogP contribution in [0.5, 0.6) is 0 Å². The summed E-state index contributed by atoms with van der Waals surface area (Å²) in [7, 11) is 0. The van der Waals surface area contributed by atoms with Gasteiger partial charge in [-0.25, -0.2) is 4.98 Å². The third-order valence-corrected chi connectivity index (χ3v) is 2.53. The number of hydrogen-bond donors (Lipinski definition) is 2. The Morgan fingerprint density at radius 2 is 2.26 bits per heavy atom. The van der Waals surface area contributed by atoms with Crippen molar-refractivity contribution in [3.8, 4) is 11.8 Å². The summed E-state index contributed by atoms with van der Waals surface area (Å²) in [6, 6.07) is 3.43. The maximum absolute atomic E-state index is 11.7. The van der Waals surface area contributed by atoms with Gasteiger partial charge in [-0.2, -0.15) is 0 Å². The number of carbonyl (C=O) groups excluding carboxylic acids is 1. The number of nitrogens with zero attached hydrogens (tertiary/aromatic N) is 1. The SMILES string of the molecule is CCCCCNC(=O)c1ccc(C#CCCO)cn1. The number of amides is 1. The zero-order valence-corrected chi connectivity index (χ0v) is 11.3. The molecule has 0 fully saturated rings. The fourth-order valence-electron chi connectivity index (χ4n) is 1.49. The lowest BCUT2D eigenvalue weighted by molar-refractivity contribution is 0.0948. The van der Waals surface area contributed by atoms with Gasteiger partial charge in [0, 0.05) is 24.7 Å². The van der Waals surface area contributed by atoms with Crippen molar-refractivity contribution in [3.63, 3.8) is 0 Å². The maximum atomic E-state index is 11.7. The first-order valence-electron chi connectivity index (χ1n) is 6.62. The number of aromatic nitrogens is 1. The Bertz CT molecular complexity index is 443. The minimum Gasteiger partial charge on any atom is -0.395 e. The predicted octanol–water partition coefficient (Wildman–Crippen LogP) is 1.74. The number of aliphatic hydroxyl groups excluding tert-OH is 1. The molecule has 19 heavy (non-hydrogen) atoms. The maximum Gasteiger partial charge on any atom is 0.269 e. The largest absolute Gasteiger partial charge is 0.395 e. The third-order valence-electron chi connectivity index (χ3n) is 2.53. The average Bonchev–Trinajstić information content (AvgIpc) is 2.44. The molecule has 1 heterocycles. The molecule has 0 aliphatic heterocycles. The monoisotopic (exact) mass is 260 g/mol. The van der Waals surface area contributed by atoms with Crippen molar-refractivity contribution in [2.75, 3.05) is 13.2 Å². The Kier molecular flexibility index (Phi) is 7.30. The van der Waals surface area contributed by atoms with Crippen LogP contribution in [0.2, 0.25) is 0 Å². The molecule has 4 nitrogen and oxygen atoms in total. The van der Waals surface area contributed by atoms with Gasteiger partial charge >= 0.3 is 0 Å². The van der Waals surface area contributed by atoms with Gasteiger partial charge in [0.2, 0.25) is 0 Å². The molecule has 102 valence electrons. The first-order chi connectivity index (χ1) is 9.27. The van der Waals surface area contributed by atoms with Crippen molar-refractivity contribution < 1.29 is 9.90 Å². The fraction of sp³-hybridized carbons (Fsp3) is 0.467. The van der Waals surface area contributed by atoms with Crippen LogP contribution in [0.15, 0.2) is 18.3 Å². The molecule has 0 saturated heterocycles. The van der Waals surface area contributed by atoms with Crippen LogP contribution < -0.4 is 5.32 Å². The molecule has 0 atom stereocenters. The van der Waals surface area contributed by atoms with Gasteiger partial charge in [0.25, 0.3) is 5.91 Å².